The van der Waals surface area contributed by atoms with Crippen LogP contribution in [-0.2, 0) is 19.6 Å². The molecule has 0 saturated heterocycles. The number of aryl methyl sites for hydroxylation is 1. The normalized spacial score (nSPS) is 12.8. The highest BCUT2D eigenvalue weighted by molar-refractivity contribution is 7.89. The smallest absolute Gasteiger partial charge is 0.335 e. The fourth-order valence-corrected chi connectivity index (χ4v) is 4.41. The molecule has 0 bridgehead atoms. The van der Waals surface area contributed by atoms with Crippen molar-refractivity contribution in [3.8, 4) is 12.3 Å². The van der Waals surface area contributed by atoms with E-state index in [9.17, 15) is 17.6 Å². The topological polar surface area (TPSA) is 63.7 Å². The van der Waals surface area contributed by atoms with E-state index in [1.165, 1.54) is 36.4 Å². The van der Waals surface area contributed by atoms with Gasteiger partial charge in [0.05, 0.1) is 23.1 Å². The minimum absolute atomic E-state index is 0.0115. The van der Waals surface area contributed by atoms with Crippen molar-refractivity contribution in [2.45, 2.75) is 44.2 Å². The zero-order valence-corrected chi connectivity index (χ0v) is 18.9. The van der Waals surface area contributed by atoms with Crippen molar-refractivity contribution in [1.82, 2.24) is 4.31 Å². The van der Waals surface area contributed by atoms with E-state index < -0.39 is 33.5 Å². The minimum Gasteiger partial charge on any atom is -0.457 e. The van der Waals surface area contributed by atoms with E-state index in [2.05, 4.69) is 12.5 Å². The molecule has 2 aromatic carbocycles. The van der Waals surface area contributed by atoms with Gasteiger partial charge >= 0.3 is 5.97 Å². The molecular formula is C24H26FNO4S. The highest BCUT2D eigenvalue weighted by atomic mass is 32.2. The van der Waals surface area contributed by atoms with Crippen LogP contribution >= 0.6 is 0 Å². The van der Waals surface area contributed by atoms with Gasteiger partial charge in [0.15, 0.2) is 0 Å². The number of hydrogen-bond donors (Lipinski definition) is 0. The molecule has 0 fully saturated rings. The molecule has 5 nitrogen and oxygen atoms in total. The molecular weight excluding hydrogens is 417 g/mol. The van der Waals surface area contributed by atoms with Gasteiger partial charge in [0, 0.05) is 0 Å². The highest BCUT2D eigenvalue weighted by Crippen LogP contribution is 2.34. The Morgan fingerprint density at radius 3 is 2.19 bits per heavy atom. The standard InChI is InChI=1S/C24H26FNO4S/c1-7-16-26(31(28,29)21-14-8-17(2)9-15-21)22(19-10-12-20(25)13-11-19)18(3)23(27)30-24(4,5)6/h1,8-15,22H,3,16H2,2,4-6H3/t22-/m1/s1. The molecule has 164 valence electrons. The fourth-order valence-electron chi connectivity index (χ4n) is 2.89. The average Bonchev–Trinajstić information content (AvgIpc) is 2.67. The molecule has 0 aliphatic heterocycles. The predicted octanol–water partition coefficient (Wildman–Crippen LogP) is 4.40. The lowest BCUT2D eigenvalue weighted by atomic mass is 9.99. The number of hydrogen-bond acceptors (Lipinski definition) is 4. The Labute approximate surface area is 183 Å². The molecule has 0 unspecified atom stereocenters. The Morgan fingerprint density at radius 1 is 1.16 bits per heavy atom. The molecule has 0 saturated carbocycles. The number of carbonyl (C=O) groups is 1. The van der Waals surface area contributed by atoms with E-state index in [4.69, 9.17) is 11.2 Å². The van der Waals surface area contributed by atoms with Crippen LogP contribution in [0.25, 0.3) is 0 Å². The number of benzene rings is 2. The number of sulfonamides is 1. The molecule has 0 radical (unpaired) electrons. The quantitative estimate of drug-likeness (QED) is 0.362. The van der Waals surface area contributed by atoms with Crippen molar-refractivity contribution in [2.75, 3.05) is 6.54 Å². The summed E-state index contributed by atoms with van der Waals surface area (Å²) in [6.07, 6.45) is 5.48. The van der Waals surface area contributed by atoms with Crippen molar-refractivity contribution in [3.63, 3.8) is 0 Å². The Bertz CT molecular complexity index is 1090. The molecule has 2 rings (SSSR count). The van der Waals surface area contributed by atoms with Gasteiger partial charge in [-0.15, -0.1) is 6.42 Å². The van der Waals surface area contributed by atoms with Crippen molar-refractivity contribution in [1.29, 1.82) is 0 Å². The largest absolute Gasteiger partial charge is 0.457 e. The number of carbonyl (C=O) groups excluding carboxylic acids is 1. The SMILES string of the molecule is C#CCN([C@H](C(=C)C(=O)OC(C)(C)C)c1ccc(F)cc1)S(=O)(=O)c1ccc(C)cc1. The lowest BCUT2D eigenvalue weighted by molar-refractivity contribution is -0.150. The lowest BCUT2D eigenvalue weighted by Crippen LogP contribution is -2.38. The van der Waals surface area contributed by atoms with Gasteiger partial charge in [-0.25, -0.2) is 17.6 Å². The van der Waals surface area contributed by atoms with Gasteiger partial charge in [0.1, 0.15) is 11.4 Å². The zero-order valence-electron chi connectivity index (χ0n) is 18.1. The van der Waals surface area contributed by atoms with Crippen LogP contribution in [0.1, 0.15) is 37.9 Å². The Balaban J connectivity index is 2.64. The summed E-state index contributed by atoms with van der Waals surface area (Å²) in [5.41, 5.74) is 0.270. The number of nitrogens with zero attached hydrogens (tertiary/aromatic N) is 1. The summed E-state index contributed by atoms with van der Waals surface area (Å²) in [5, 5.41) is 0. The van der Waals surface area contributed by atoms with Crippen molar-refractivity contribution < 1.29 is 22.3 Å². The molecule has 31 heavy (non-hydrogen) atoms. The summed E-state index contributed by atoms with van der Waals surface area (Å²) < 4.78 is 46.9. The average molecular weight is 444 g/mol. The summed E-state index contributed by atoms with van der Waals surface area (Å²) in [6.45, 7) is 10.4. The molecule has 2 aromatic rings. The predicted molar refractivity (Wildman–Crippen MR) is 118 cm³/mol. The third-order valence-electron chi connectivity index (χ3n) is 4.34. The molecule has 0 heterocycles. The van der Waals surface area contributed by atoms with Gasteiger partial charge < -0.3 is 4.74 Å². The molecule has 0 spiro atoms. The second-order valence-electron chi connectivity index (χ2n) is 8.05. The molecule has 7 heteroatoms. The monoisotopic (exact) mass is 443 g/mol. The Kier molecular flexibility index (Phi) is 7.42. The molecule has 0 aromatic heterocycles. The fraction of sp³-hybridized carbons (Fsp3) is 0.292. The number of halogens is 1. The van der Waals surface area contributed by atoms with E-state index in [0.717, 1.165) is 9.87 Å². The Hall–Kier alpha value is -2.95. The van der Waals surface area contributed by atoms with Gasteiger partial charge in [0.25, 0.3) is 0 Å². The maximum absolute atomic E-state index is 13.5. The van der Waals surface area contributed by atoms with Gasteiger partial charge in [0.2, 0.25) is 10.0 Å². The van der Waals surface area contributed by atoms with Crippen LogP contribution in [0.2, 0.25) is 0 Å². The van der Waals surface area contributed by atoms with Gasteiger partial charge in [-0.05, 0) is 57.5 Å². The number of rotatable bonds is 7. The second kappa shape index (κ2) is 9.46. The van der Waals surface area contributed by atoms with E-state index >= 15 is 0 Å². The van der Waals surface area contributed by atoms with Gasteiger partial charge in [-0.3, -0.25) is 0 Å². The van der Waals surface area contributed by atoms with Crippen LogP contribution in [0.3, 0.4) is 0 Å². The lowest BCUT2D eigenvalue weighted by Gasteiger charge is -2.31. The summed E-state index contributed by atoms with van der Waals surface area (Å²) in [6, 6.07) is 10.2. The summed E-state index contributed by atoms with van der Waals surface area (Å²) in [4.78, 5) is 12.8. The molecule has 0 amide bonds. The number of terminal acetylenes is 1. The minimum atomic E-state index is -4.13. The number of esters is 1. The van der Waals surface area contributed by atoms with Crippen LogP contribution in [0.15, 0.2) is 65.6 Å². The first-order valence-corrected chi connectivity index (χ1v) is 11.0. The first-order valence-electron chi connectivity index (χ1n) is 9.56. The first kappa shape index (κ1) is 24.3. The van der Waals surface area contributed by atoms with E-state index in [1.54, 1.807) is 32.9 Å². The van der Waals surface area contributed by atoms with E-state index in [1.807, 2.05) is 6.92 Å². The molecule has 1 atom stereocenters. The summed E-state index contributed by atoms with van der Waals surface area (Å²) in [7, 11) is -4.13. The van der Waals surface area contributed by atoms with E-state index in [-0.39, 0.29) is 17.0 Å². The summed E-state index contributed by atoms with van der Waals surface area (Å²) in [5.74, 6) is 1.06. The molecule has 0 aliphatic rings. The first-order chi connectivity index (χ1) is 14.4. The third-order valence-corrected chi connectivity index (χ3v) is 6.16. The Morgan fingerprint density at radius 2 is 1.71 bits per heavy atom. The molecule has 0 aliphatic carbocycles. The number of ether oxygens (including phenoxy) is 1. The van der Waals surface area contributed by atoms with Crippen molar-refractivity contribution >= 4 is 16.0 Å². The van der Waals surface area contributed by atoms with E-state index in [0.29, 0.717) is 5.56 Å². The molecule has 0 N–H and O–H groups in total. The second-order valence-corrected chi connectivity index (χ2v) is 9.94. The third kappa shape index (κ3) is 6.03. The van der Waals surface area contributed by atoms with Gasteiger partial charge in [-0.2, -0.15) is 4.31 Å². The maximum atomic E-state index is 13.5. The van der Waals surface area contributed by atoms with Gasteiger partial charge in [-0.1, -0.05) is 42.3 Å². The van der Waals surface area contributed by atoms with Crippen molar-refractivity contribution in [2.24, 2.45) is 0 Å². The van der Waals surface area contributed by atoms with Crippen LogP contribution in [0.5, 0.6) is 0 Å². The highest BCUT2D eigenvalue weighted by Gasteiger charge is 2.37. The van der Waals surface area contributed by atoms with Crippen molar-refractivity contribution in [3.05, 3.63) is 77.6 Å². The van der Waals surface area contributed by atoms with Crippen LogP contribution in [-0.4, -0.2) is 30.8 Å². The maximum Gasteiger partial charge on any atom is 0.335 e. The summed E-state index contributed by atoms with van der Waals surface area (Å²) >= 11 is 0. The van der Waals surface area contributed by atoms with Crippen LogP contribution < -0.4 is 0 Å². The van der Waals surface area contributed by atoms with Crippen LogP contribution in [0.4, 0.5) is 4.39 Å². The van der Waals surface area contributed by atoms with Crippen LogP contribution in [0, 0.1) is 25.1 Å². The zero-order chi connectivity index (χ0) is 23.4.